The molecule has 0 aromatic heterocycles. The average molecular weight is 282 g/mol. The Morgan fingerprint density at radius 2 is 1.00 bits per heavy atom. The van der Waals surface area contributed by atoms with Crippen molar-refractivity contribution in [2.75, 3.05) is 0 Å². The molecule has 2 nitrogen and oxygen atoms in total. The van der Waals surface area contributed by atoms with Crippen LogP contribution < -0.4 is 0 Å². The highest BCUT2D eigenvalue weighted by Crippen LogP contribution is 2.46. The topological polar surface area (TPSA) is 18.5 Å². The highest BCUT2D eigenvalue weighted by atomic mass is 16.7. The van der Waals surface area contributed by atoms with E-state index in [-0.39, 0.29) is 12.2 Å². The van der Waals surface area contributed by atoms with Gasteiger partial charge in [-0.15, -0.1) is 0 Å². The molecule has 0 radical (unpaired) electrons. The lowest BCUT2D eigenvalue weighted by atomic mass is 9.97. The molecule has 1 saturated heterocycles. The van der Waals surface area contributed by atoms with Crippen molar-refractivity contribution < 1.29 is 9.47 Å². The third-order valence-corrected chi connectivity index (χ3v) is 3.91. The first-order chi connectivity index (χ1) is 9.94. The summed E-state index contributed by atoms with van der Waals surface area (Å²) in [4.78, 5) is 0. The normalized spacial score (nSPS) is 24.2. The molecule has 1 fully saturated rings. The van der Waals surface area contributed by atoms with Crippen LogP contribution in [0, 0.1) is 13.8 Å². The molecule has 0 spiro atoms. The van der Waals surface area contributed by atoms with Gasteiger partial charge in [-0.25, -0.2) is 0 Å². The van der Waals surface area contributed by atoms with Crippen LogP contribution in [0.2, 0.25) is 0 Å². The van der Waals surface area contributed by atoms with E-state index in [1.54, 1.807) is 0 Å². The molecule has 3 rings (SSSR count). The summed E-state index contributed by atoms with van der Waals surface area (Å²) >= 11 is 0. The summed E-state index contributed by atoms with van der Waals surface area (Å²) < 4.78 is 12.3. The minimum atomic E-state index is -0.564. The second-order valence-corrected chi connectivity index (χ2v) is 6.30. The molecule has 1 aliphatic heterocycles. The van der Waals surface area contributed by atoms with E-state index in [1.807, 2.05) is 13.8 Å². The molecule has 0 N–H and O–H groups in total. The van der Waals surface area contributed by atoms with Crippen LogP contribution >= 0.6 is 0 Å². The molecular weight excluding hydrogens is 260 g/mol. The molecule has 0 unspecified atom stereocenters. The third kappa shape index (κ3) is 3.02. The first-order valence-corrected chi connectivity index (χ1v) is 7.43. The molecule has 1 heterocycles. The van der Waals surface area contributed by atoms with Gasteiger partial charge in [0.05, 0.1) is 0 Å². The Balaban J connectivity index is 1.96. The Morgan fingerprint density at radius 3 is 1.33 bits per heavy atom. The molecule has 2 heteroatoms. The molecule has 0 bridgehead atoms. The minimum Gasteiger partial charge on any atom is -0.339 e. The molecule has 0 amide bonds. The largest absolute Gasteiger partial charge is 0.339 e. The van der Waals surface area contributed by atoms with E-state index in [4.69, 9.17) is 9.47 Å². The maximum absolute atomic E-state index is 6.15. The van der Waals surface area contributed by atoms with Gasteiger partial charge in [0.2, 0.25) is 0 Å². The molecule has 0 saturated carbocycles. The van der Waals surface area contributed by atoms with Gasteiger partial charge in [0.1, 0.15) is 12.2 Å². The fourth-order valence-corrected chi connectivity index (χ4v) is 2.76. The van der Waals surface area contributed by atoms with Gasteiger partial charge in [0.15, 0.2) is 5.79 Å². The standard InChI is InChI=1S/C19H22O2/c1-13-5-9-15(10-6-13)17-18(21-19(3,4)20-17)16-11-7-14(2)8-12-16/h5-12,17-18H,1-4H3/t17-,18+. The van der Waals surface area contributed by atoms with Crippen molar-refractivity contribution in [1.82, 2.24) is 0 Å². The maximum Gasteiger partial charge on any atom is 0.164 e. The van der Waals surface area contributed by atoms with E-state index in [2.05, 4.69) is 62.4 Å². The fourth-order valence-electron chi connectivity index (χ4n) is 2.76. The first-order valence-electron chi connectivity index (χ1n) is 7.43. The molecule has 110 valence electrons. The number of aryl methyl sites for hydroxylation is 2. The Kier molecular flexibility index (Phi) is 3.60. The van der Waals surface area contributed by atoms with Crippen molar-refractivity contribution in [3.63, 3.8) is 0 Å². The van der Waals surface area contributed by atoms with E-state index < -0.39 is 5.79 Å². The van der Waals surface area contributed by atoms with Gasteiger partial charge >= 0.3 is 0 Å². The zero-order chi connectivity index (χ0) is 15.0. The van der Waals surface area contributed by atoms with Crippen molar-refractivity contribution in [1.29, 1.82) is 0 Å². The summed E-state index contributed by atoms with van der Waals surface area (Å²) in [5.41, 5.74) is 4.83. The van der Waals surface area contributed by atoms with Crippen molar-refractivity contribution in [3.05, 3.63) is 70.8 Å². The quantitative estimate of drug-likeness (QED) is 0.782. The van der Waals surface area contributed by atoms with Crippen molar-refractivity contribution >= 4 is 0 Å². The summed E-state index contributed by atoms with van der Waals surface area (Å²) in [5.74, 6) is -0.564. The van der Waals surface area contributed by atoms with E-state index in [0.29, 0.717) is 0 Å². The Hall–Kier alpha value is -1.64. The lowest BCUT2D eigenvalue weighted by Crippen LogP contribution is -2.20. The van der Waals surface area contributed by atoms with Gasteiger partial charge in [0, 0.05) is 0 Å². The average Bonchev–Trinajstić information content (AvgIpc) is 2.76. The van der Waals surface area contributed by atoms with Gasteiger partial charge in [-0.1, -0.05) is 59.7 Å². The van der Waals surface area contributed by atoms with Crippen LogP contribution in [0.1, 0.15) is 48.3 Å². The number of benzene rings is 2. The lowest BCUT2D eigenvalue weighted by molar-refractivity contribution is -0.147. The fraction of sp³-hybridized carbons (Fsp3) is 0.368. The van der Waals surface area contributed by atoms with Crippen molar-refractivity contribution in [2.45, 2.75) is 45.7 Å². The third-order valence-electron chi connectivity index (χ3n) is 3.91. The van der Waals surface area contributed by atoms with Crippen molar-refractivity contribution in [2.24, 2.45) is 0 Å². The van der Waals surface area contributed by atoms with Crippen LogP contribution in [-0.4, -0.2) is 5.79 Å². The van der Waals surface area contributed by atoms with Gasteiger partial charge < -0.3 is 9.47 Å². The first kappa shape index (κ1) is 14.3. The number of hydrogen-bond donors (Lipinski definition) is 0. The molecule has 2 aromatic carbocycles. The Bertz CT molecular complexity index is 556. The summed E-state index contributed by atoms with van der Waals surface area (Å²) in [5, 5.41) is 0. The predicted molar refractivity (Wildman–Crippen MR) is 84.1 cm³/mol. The van der Waals surface area contributed by atoms with Gasteiger partial charge in [-0.05, 0) is 38.8 Å². The maximum atomic E-state index is 6.15. The van der Waals surface area contributed by atoms with Crippen LogP contribution in [0.15, 0.2) is 48.5 Å². The number of rotatable bonds is 2. The van der Waals surface area contributed by atoms with Crippen LogP contribution in [-0.2, 0) is 9.47 Å². The van der Waals surface area contributed by atoms with Crippen molar-refractivity contribution in [3.8, 4) is 0 Å². The smallest absolute Gasteiger partial charge is 0.164 e. The second-order valence-electron chi connectivity index (χ2n) is 6.30. The minimum absolute atomic E-state index is 0.0664. The summed E-state index contributed by atoms with van der Waals surface area (Å²) in [6, 6.07) is 17.0. The van der Waals surface area contributed by atoms with Gasteiger partial charge in [0.25, 0.3) is 0 Å². The summed E-state index contributed by atoms with van der Waals surface area (Å²) in [6.45, 7) is 8.14. The molecule has 1 aliphatic rings. The van der Waals surface area contributed by atoms with Crippen LogP contribution in [0.3, 0.4) is 0 Å². The summed E-state index contributed by atoms with van der Waals surface area (Å²) in [6.07, 6.45) is -0.133. The molecule has 2 aromatic rings. The Labute approximate surface area is 126 Å². The van der Waals surface area contributed by atoms with E-state index in [1.165, 1.54) is 11.1 Å². The van der Waals surface area contributed by atoms with E-state index in [0.717, 1.165) is 11.1 Å². The zero-order valence-corrected chi connectivity index (χ0v) is 13.1. The molecular formula is C19H22O2. The molecule has 2 atom stereocenters. The second kappa shape index (κ2) is 5.28. The molecule has 21 heavy (non-hydrogen) atoms. The summed E-state index contributed by atoms with van der Waals surface area (Å²) in [7, 11) is 0. The molecule has 0 aliphatic carbocycles. The van der Waals surface area contributed by atoms with Crippen LogP contribution in [0.4, 0.5) is 0 Å². The highest BCUT2D eigenvalue weighted by Gasteiger charge is 2.42. The van der Waals surface area contributed by atoms with E-state index >= 15 is 0 Å². The highest BCUT2D eigenvalue weighted by molar-refractivity contribution is 5.30. The van der Waals surface area contributed by atoms with Gasteiger partial charge in [-0.3, -0.25) is 0 Å². The van der Waals surface area contributed by atoms with Crippen LogP contribution in [0.5, 0.6) is 0 Å². The number of hydrogen-bond acceptors (Lipinski definition) is 2. The van der Waals surface area contributed by atoms with Crippen LogP contribution in [0.25, 0.3) is 0 Å². The SMILES string of the molecule is Cc1ccc([C@H]2OC(C)(C)O[C@H]2c2ccc(C)cc2)cc1. The lowest BCUT2D eigenvalue weighted by Gasteiger charge is -2.18. The monoisotopic (exact) mass is 282 g/mol. The zero-order valence-electron chi connectivity index (χ0n) is 13.1. The Morgan fingerprint density at radius 1 is 0.667 bits per heavy atom. The van der Waals surface area contributed by atoms with E-state index in [9.17, 15) is 0 Å². The number of ether oxygens (including phenoxy) is 2. The van der Waals surface area contributed by atoms with Gasteiger partial charge in [-0.2, -0.15) is 0 Å². The predicted octanol–water partition coefficient (Wildman–Crippen LogP) is 4.87.